The number of carbonyl (C=O) groups is 1. The number of hydrogen-bond donors (Lipinski definition) is 3. The van der Waals surface area contributed by atoms with Crippen molar-refractivity contribution < 1.29 is 9.53 Å². The number of rotatable bonds is 8. The predicted octanol–water partition coefficient (Wildman–Crippen LogP) is 2.98. The maximum absolute atomic E-state index is 12.4. The summed E-state index contributed by atoms with van der Waals surface area (Å²) in [4.78, 5) is 45.4. The zero-order valence-corrected chi connectivity index (χ0v) is 22.4. The average molecular weight is 539 g/mol. The molecule has 1 saturated carbocycles. The Morgan fingerprint density at radius 3 is 2.51 bits per heavy atom. The Kier molecular flexibility index (Phi) is 7.26. The van der Waals surface area contributed by atoms with E-state index in [9.17, 15) is 14.4 Å². The molecule has 35 heavy (non-hydrogen) atoms. The van der Waals surface area contributed by atoms with Crippen LogP contribution in [0.1, 0.15) is 46.5 Å². The van der Waals surface area contributed by atoms with Crippen LogP contribution in [-0.2, 0) is 4.79 Å². The summed E-state index contributed by atoms with van der Waals surface area (Å²) >= 11 is -0.781. The van der Waals surface area contributed by atoms with Gasteiger partial charge in [-0.05, 0) is 12.8 Å². The molecule has 0 spiro atoms. The van der Waals surface area contributed by atoms with Crippen molar-refractivity contribution in [3.05, 3.63) is 50.9 Å². The van der Waals surface area contributed by atoms with E-state index in [1.807, 2.05) is 0 Å². The van der Waals surface area contributed by atoms with Crippen LogP contribution >= 0.6 is 0 Å². The SMILES string of the molecule is COc1cc(NC(=O)C2CCCC2)ccc1Nc1nccc(Nc2c([AsH]C(C)(C)C)c(=O)c2=O)n1. The average Bonchev–Trinajstić information content (AvgIpc) is 3.37. The molecule has 1 unspecified atom stereocenters. The molecule has 3 N–H and O–H groups in total. The van der Waals surface area contributed by atoms with Gasteiger partial charge < -0.3 is 0 Å². The Hall–Kier alpha value is -3.19. The fraction of sp³-hybridized carbons (Fsp3) is 0.400. The van der Waals surface area contributed by atoms with Crippen LogP contribution in [0.4, 0.5) is 28.8 Å². The molecule has 4 rings (SSSR count). The minimum absolute atomic E-state index is 0.00367. The van der Waals surface area contributed by atoms with Gasteiger partial charge in [0, 0.05) is 5.92 Å². The van der Waals surface area contributed by atoms with Crippen molar-refractivity contribution in [1.82, 2.24) is 9.97 Å². The molecular weight excluding hydrogens is 509 g/mol. The van der Waals surface area contributed by atoms with Crippen LogP contribution in [0, 0.1) is 5.92 Å². The van der Waals surface area contributed by atoms with Crippen LogP contribution in [0.5, 0.6) is 5.75 Å². The summed E-state index contributed by atoms with van der Waals surface area (Å²) in [5, 5.41) is 9.10. The first-order valence-electron chi connectivity index (χ1n) is 11.6. The van der Waals surface area contributed by atoms with Crippen LogP contribution < -0.4 is 35.9 Å². The second-order valence-corrected chi connectivity index (χ2v) is 14.4. The number of ether oxygens (including phenoxy) is 1. The molecule has 2 aromatic carbocycles. The monoisotopic (exact) mass is 539 g/mol. The van der Waals surface area contributed by atoms with Crippen molar-refractivity contribution in [2.24, 2.45) is 5.92 Å². The van der Waals surface area contributed by atoms with E-state index < -0.39 is 21.2 Å². The molecule has 0 bridgehead atoms. The molecule has 1 aromatic heterocycles. The number of hydrogen-bond acceptors (Lipinski definition) is 8. The van der Waals surface area contributed by atoms with Gasteiger partial charge in [0.25, 0.3) is 0 Å². The van der Waals surface area contributed by atoms with Crippen LogP contribution in [0.3, 0.4) is 0 Å². The van der Waals surface area contributed by atoms with Gasteiger partial charge in [-0.3, -0.25) is 4.79 Å². The number of nitrogens with zero attached hydrogens (tertiary/aromatic N) is 2. The predicted molar refractivity (Wildman–Crippen MR) is 140 cm³/mol. The number of nitrogens with one attached hydrogen (secondary N) is 3. The Morgan fingerprint density at radius 1 is 1.09 bits per heavy atom. The van der Waals surface area contributed by atoms with Gasteiger partial charge in [-0.25, -0.2) is 0 Å². The first-order valence-corrected chi connectivity index (χ1v) is 13.7. The summed E-state index contributed by atoms with van der Waals surface area (Å²) in [6.07, 6.45) is 5.62. The number of benzene rings is 1. The molecular formula is C25H30AsN5O4. The van der Waals surface area contributed by atoms with Crippen LogP contribution in [-0.4, -0.2) is 38.7 Å². The molecule has 9 nitrogen and oxygen atoms in total. The summed E-state index contributed by atoms with van der Waals surface area (Å²) in [6.45, 7) is 6.21. The fourth-order valence-electron chi connectivity index (χ4n) is 4.05. The summed E-state index contributed by atoms with van der Waals surface area (Å²) in [6, 6.07) is 6.98. The van der Waals surface area contributed by atoms with Gasteiger partial charge in [-0.15, -0.1) is 0 Å². The van der Waals surface area contributed by atoms with Gasteiger partial charge in [0.1, 0.15) is 0 Å². The molecule has 184 valence electrons. The Labute approximate surface area is 210 Å². The summed E-state index contributed by atoms with van der Waals surface area (Å²) in [5.41, 5.74) is 0.737. The van der Waals surface area contributed by atoms with Crippen molar-refractivity contribution in [2.45, 2.75) is 50.7 Å². The van der Waals surface area contributed by atoms with Gasteiger partial charge in [-0.2, -0.15) is 0 Å². The third kappa shape index (κ3) is 5.90. The number of anilines is 5. The molecule has 1 heterocycles. The summed E-state index contributed by atoms with van der Waals surface area (Å²) < 4.78 is 6.12. The third-order valence-corrected chi connectivity index (χ3v) is 8.86. The molecule has 0 aliphatic heterocycles. The van der Waals surface area contributed by atoms with Crippen molar-refractivity contribution in [1.29, 1.82) is 0 Å². The molecule has 3 aromatic rings. The van der Waals surface area contributed by atoms with Gasteiger partial charge in [-0.1, -0.05) is 12.8 Å². The molecule has 0 radical (unpaired) electrons. The molecule has 1 aliphatic rings. The van der Waals surface area contributed by atoms with Gasteiger partial charge >= 0.3 is 168 Å². The third-order valence-electron chi connectivity index (χ3n) is 5.76. The van der Waals surface area contributed by atoms with Crippen molar-refractivity contribution >= 4 is 54.8 Å². The van der Waals surface area contributed by atoms with Crippen LogP contribution in [0.2, 0.25) is 4.20 Å². The normalized spacial score (nSPS) is 14.5. The van der Waals surface area contributed by atoms with Crippen LogP contribution in [0.25, 0.3) is 0 Å². The molecule has 10 heteroatoms. The molecule has 1 amide bonds. The number of methoxy groups -OCH3 is 1. The number of amides is 1. The van der Waals surface area contributed by atoms with E-state index in [2.05, 4.69) is 46.7 Å². The molecule has 1 atom stereocenters. The zero-order valence-electron chi connectivity index (χ0n) is 20.3. The topological polar surface area (TPSA) is 122 Å². The second-order valence-electron chi connectivity index (χ2n) is 9.68. The number of carbonyl (C=O) groups excluding carboxylic acids is 1. The number of aromatic nitrogens is 2. The van der Waals surface area contributed by atoms with E-state index in [1.165, 1.54) is 0 Å². The zero-order chi connectivity index (χ0) is 25.2. The fourth-order valence-corrected chi connectivity index (χ4v) is 6.73. The Balaban J connectivity index is 1.48. The van der Waals surface area contributed by atoms with E-state index in [-0.39, 0.29) is 21.5 Å². The summed E-state index contributed by atoms with van der Waals surface area (Å²) in [5.74, 6) is 1.34. The molecule has 1 aliphatic carbocycles. The van der Waals surface area contributed by atoms with E-state index in [0.717, 1.165) is 25.7 Å². The summed E-state index contributed by atoms with van der Waals surface area (Å²) in [7, 11) is 1.55. The second kappa shape index (κ2) is 10.2. The van der Waals surface area contributed by atoms with E-state index in [1.54, 1.807) is 37.6 Å². The standard InChI is InChI=1S/C25H30AsN5O4/c1-25(2,3)26-19-20(22(33)21(19)32)30-18-11-12-27-24(31-18)29-16-10-9-15(13-17(16)35-4)28-23(34)14-7-5-6-8-14/h9-14,26H,5-8H2,1-4H3,(H,28,34)(H2,27,29,30,31). The van der Waals surface area contributed by atoms with E-state index in [0.29, 0.717) is 38.9 Å². The molecule has 0 saturated heterocycles. The van der Waals surface area contributed by atoms with Crippen molar-refractivity contribution in [3.8, 4) is 5.75 Å². The van der Waals surface area contributed by atoms with Gasteiger partial charge in [0.15, 0.2) is 0 Å². The minimum atomic E-state index is -0.781. The Morgan fingerprint density at radius 2 is 1.83 bits per heavy atom. The first-order chi connectivity index (χ1) is 16.6. The van der Waals surface area contributed by atoms with Crippen LogP contribution in [0.15, 0.2) is 40.1 Å². The quantitative estimate of drug-likeness (QED) is 0.295. The van der Waals surface area contributed by atoms with Gasteiger partial charge in [0.2, 0.25) is 5.91 Å². The van der Waals surface area contributed by atoms with Crippen molar-refractivity contribution in [3.63, 3.8) is 0 Å². The van der Waals surface area contributed by atoms with E-state index in [4.69, 9.17) is 4.74 Å². The van der Waals surface area contributed by atoms with Gasteiger partial charge in [0.05, 0.1) is 0 Å². The Bertz CT molecular complexity index is 1300. The molecule has 1 fully saturated rings. The van der Waals surface area contributed by atoms with E-state index >= 15 is 0 Å². The first kappa shape index (κ1) is 24.9. The maximum atomic E-state index is 12.4. The van der Waals surface area contributed by atoms with Crippen molar-refractivity contribution in [2.75, 3.05) is 23.1 Å².